The maximum absolute atomic E-state index is 13.2. The standard InChI is InChI=1S/C22H23BrClFN6O5/c23-16-4-11(24)3-15(20(16)35)17(6-19(33)34)31-18(32)9-27-21(36)10-1-13(26)5-14(2-10)30-22-28-7-12(25)8-29-22/h1-5,12,17,35H,6-9,26H2,(H,27,36)(H,31,32)(H,33,34)(H2,28,29,30)/t17-/m0/s1. The number of benzene rings is 2. The highest BCUT2D eigenvalue weighted by Crippen LogP contribution is 2.36. The molecule has 0 spiro atoms. The second-order valence-electron chi connectivity index (χ2n) is 7.86. The number of phenolic OH excluding ortho intramolecular Hbond substituents is 1. The number of carboxylic acid groups (broad SMARTS) is 1. The molecule has 2 amide bonds. The lowest BCUT2D eigenvalue weighted by Gasteiger charge is -2.20. The molecule has 2 atom stereocenters. The first-order chi connectivity index (χ1) is 17.0. The molecule has 8 N–H and O–H groups in total. The Bertz CT molecular complexity index is 1210. The highest BCUT2D eigenvalue weighted by molar-refractivity contribution is 9.10. The number of nitrogens with two attached hydrogens (primary N) is 1. The molecule has 0 aromatic heterocycles. The minimum Gasteiger partial charge on any atom is -0.506 e. The van der Waals surface area contributed by atoms with Crippen LogP contribution in [0.2, 0.25) is 5.02 Å². The van der Waals surface area contributed by atoms with Gasteiger partial charge < -0.3 is 37.2 Å². The van der Waals surface area contributed by atoms with Crippen LogP contribution in [0.4, 0.5) is 15.8 Å². The molecule has 14 heteroatoms. The number of rotatable bonds is 8. The molecule has 36 heavy (non-hydrogen) atoms. The zero-order valence-corrected chi connectivity index (χ0v) is 21.0. The molecule has 192 valence electrons. The number of anilines is 2. The van der Waals surface area contributed by atoms with E-state index in [4.69, 9.17) is 17.3 Å². The van der Waals surface area contributed by atoms with Crippen LogP contribution in [0.5, 0.6) is 5.75 Å². The van der Waals surface area contributed by atoms with E-state index in [1.165, 1.54) is 24.3 Å². The van der Waals surface area contributed by atoms with Crippen LogP contribution in [0.25, 0.3) is 0 Å². The molecule has 0 fully saturated rings. The summed E-state index contributed by atoms with van der Waals surface area (Å²) in [5.41, 5.74) is 6.81. The van der Waals surface area contributed by atoms with Crippen LogP contribution in [0.3, 0.4) is 0 Å². The molecule has 1 aliphatic heterocycles. The molecule has 1 unspecified atom stereocenters. The maximum Gasteiger partial charge on any atom is 0.305 e. The van der Waals surface area contributed by atoms with E-state index in [-0.39, 0.29) is 45.1 Å². The lowest BCUT2D eigenvalue weighted by Crippen LogP contribution is -2.41. The predicted octanol–water partition coefficient (Wildman–Crippen LogP) is 2.16. The van der Waals surface area contributed by atoms with Gasteiger partial charge in [-0.1, -0.05) is 11.6 Å². The van der Waals surface area contributed by atoms with Crippen LogP contribution >= 0.6 is 27.5 Å². The van der Waals surface area contributed by atoms with Crippen molar-refractivity contribution in [3.8, 4) is 5.75 Å². The van der Waals surface area contributed by atoms with Crippen LogP contribution < -0.4 is 27.0 Å². The summed E-state index contributed by atoms with van der Waals surface area (Å²) < 4.78 is 13.4. The first kappa shape index (κ1) is 27.0. The van der Waals surface area contributed by atoms with Gasteiger partial charge in [-0.3, -0.25) is 14.4 Å². The Labute approximate surface area is 218 Å². The summed E-state index contributed by atoms with van der Waals surface area (Å²) >= 11 is 9.13. The lowest BCUT2D eigenvalue weighted by molar-refractivity contribution is -0.137. The Hall–Kier alpha value is -3.58. The van der Waals surface area contributed by atoms with Crippen LogP contribution in [0.1, 0.15) is 28.4 Å². The van der Waals surface area contributed by atoms with E-state index in [2.05, 4.69) is 42.2 Å². The summed E-state index contributed by atoms with van der Waals surface area (Å²) in [6, 6.07) is 6.09. The number of carbonyl (C=O) groups is 3. The monoisotopic (exact) mass is 584 g/mol. The number of aromatic hydroxyl groups is 1. The van der Waals surface area contributed by atoms with Gasteiger partial charge in [0, 0.05) is 27.5 Å². The number of hydrogen-bond acceptors (Lipinski definition) is 8. The number of carboxylic acids is 1. The molecular formula is C22H23BrClFN6O5. The van der Waals surface area contributed by atoms with Gasteiger partial charge in [-0.05, 0) is 46.3 Å². The third-order valence-corrected chi connectivity index (χ3v) is 5.80. The van der Waals surface area contributed by atoms with E-state index >= 15 is 0 Å². The lowest BCUT2D eigenvalue weighted by atomic mass is 10.0. The Morgan fingerprint density at radius 1 is 1.28 bits per heavy atom. The Morgan fingerprint density at radius 3 is 2.69 bits per heavy atom. The molecule has 0 saturated carbocycles. The molecular weight excluding hydrogens is 563 g/mol. The SMILES string of the molecule is Nc1cc(NC2=NCC(F)CN2)cc(C(=O)NCC(=O)N[C@@H](CC(=O)O)c2cc(Cl)cc(Br)c2O)c1. The van der Waals surface area contributed by atoms with Crippen molar-refractivity contribution in [1.82, 2.24) is 16.0 Å². The molecule has 3 rings (SSSR count). The molecule has 2 aromatic carbocycles. The molecule has 0 aliphatic carbocycles. The van der Waals surface area contributed by atoms with Crippen molar-refractivity contribution in [2.45, 2.75) is 18.6 Å². The highest BCUT2D eigenvalue weighted by atomic mass is 79.9. The molecule has 11 nitrogen and oxygen atoms in total. The fraction of sp³-hybridized carbons (Fsp3) is 0.273. The van der Waals surface area contributed by atoms with Gasteiger partial charge in [0.2, 0.25) is 5.91 Å². The molecule has 1 heterocycles. The first-order valence-corrected chi connectivity index (χ1v) is 11.8. The number of guanidine groups is 1. The maximum atomic E-state index is 13.2. The quantitative estimate of drug-likeness (QED) is 0.230. The van der Waals surface area contributed by atoms with Crippen molar-refractivity contribution >= 4 is 62.6 Å². The van der Waals surface area contributed by atoms with Crippen LogP contribution in [0, 0.1) is 0 Å². The number of nitrogens with one attached hydrogen (secondary N) is 4. The number of amides is 2. The third kappa shape index (κ3) is 7.46. The summed E-state index contributed by atoms with van der Waals surface area (Å²) in [6.45, 7) is -0.378. The first-order valence-electron chi connectivity index (χ1n) is 10.6. The number of carbonyl (C=O) groups excluding carboxylic acids is 2. The summed E-state index contributed by atoms with van der Waals surface area (Å²) in [4.78, 5) is 40.5. The smallest absolute Gasteiger partial charge is 0.305 e. The van der Waals surface area contributed by atoms with Crippen LogP contribution in [-0.4, -0.2) is 59.8 Å². The Morgan fingerprint density at radius 2 is 2.03 bits per heavy atom. The summed E-state index contributed by atoms with van der Waals surface area (Å²) in [6.07, 6.45) is -1.62. The van der Waals surface area contributed by atoms with Crippen LogP contribution in [-0.2, 0) is 9.59 Å². The Balaban J connectivity index is 1.66. The van der Waals surface area contributed by atoms with Gasteiger partial charge in [-0.15, -0.1) is 0 Å². The Kier molecular flexibility index (Phi) is 8.93. The number of aliphatic carboxylic acids is 1. The minimum atomic E-state index is -1.22. The number of aliphatic imine (C=N–C) groups is 1. The number of alkyl halides is 1. The van der Waals surface area contributed by atoms with Crippen molar-refractivity contribution < 1.29 is 29.0 Å². The van der Waals surface area contributed by atoms with Gasteiger partial charge in [-0.25, -0.2) is 9.38 Å². The average molecular weight is 586 g/mol. The van der Waals surface area contributed by atoms with E-state index in [1.54, 1.807) is 6.07 Å². The zero-order valence-electron chi connectivity index (χ0n) is 18.6. The summed E-state index contributed by atoms with van der Waals surface area (Å²) in [5.74, 6) is -2.48. The fourth-order valence-electron chi connectivity index (χ4n) is 3.37. The number of halogens is 3. The number of nitrogens with zero attached hydrogens (tertiary/aromatic N) is 1. The van der Waals surface area contributed by atoms with Gasteiger partial charge >= 0.3 is 5.97 Å². The molecule has 0 bridgehead atoms. The van der Waals surface area contributed by atoms with Crippen molar-refractivity contribution in [3.05, 3.63) is 51.0 Å². The van der Waals surface area contributed by atoms with E-state index in [9.17, 15) is 29.0 Å². The summed E-state index contributed by atoms with van der Waals surface area (Å²) in [5, 5.41) is 30.4. The molecule has 0 radical (unpaired) electrons. The molecule has 0 saturated heterocycles. The zero-order chi connectivity index (χ0) is 26.4. The topological polar surface area (TPSA) is 178 Å². The third-order valence-electron chi connectivity index (χ3n) is 4.98. The molecule has 2 aromatic rings. The minimum absolute atomic E-state index is 0.00684. The van der Waals surface area contributed by atoms with Gasteiger partial charge in [0.05, 0.1) is 36.6 Å². The van der Waals surface area contributed by atoms with Gasteiger partial charge in [0.15, 0.2) is 5.96 Å². The molecule has 1 aliphatic rings. The normalized spacial score (nSPS) is 15.8. The predicted molar refractivity (Wildman–Crippen MR) is 136 cm³/mol. The van der Waals surface area contributed by atoms with Gasteiger partial charge in [0.25, 0.3) is 5.91 Å². The number of nitrogen functional groups attached to an aromatic ring is 1. The highest BCUT2D eigenvalue weighted by Gasteiger charge is 2.23. The van der Waals surface area contributed by atoms with Crippen LogP contribution in [0.15, 0.2) is 39.8 Å². The van der Waals surface area contributed by atoms with Crippen molar-refractivity contribution in [1.29, 1.82) is 0 Å². The van der Waals surface area contributed by atoms with E-state index in [1.807, 2.05) is 0 Å². The average Bonchev–Trinajstić information content (AvgIpc) is 2.80. The number of phenols is 1. The fourth-order valence-corrected chi connectivity index (χ4v) is 4.20. The van der Waals surface area contributed by atoms with E-state index in [0.717, 1.165) is 0 Å². The van der Waals surface area contributed by atoms with Crippen molar-refractivity contribution in [2.24, 2.45) is 4.99 Å². The second kappa shape index (κ2) is 11.9. The van der Waals surface area contributed by atoms with E-state index in [0.29, 0.717) is 11.6 Å². The van der Waals surface area contributed by atoms with Gasteiger partial charge in [0.1, 0.15) is 11.9 Å². The van der Waals surface area contributed by atoms with Crippen molar-refractivity contribution in [3.63, 3.8) is 0 Å². The van der Waals surface area contributed by atoms with Gasteiger partial charge in [-0.2, -0.15) is 0 Å². The second-order valence-corrected chi connectivity index (χ2v) is 9.15. The summed E-state index contributed by atoms with van der Waals surface area (Å²) in [7, 11) is 0. The van der Waals surface area contributed by atoms with Crippen molar-refractivity contribution in [2.75, 3.05) is 30.7 Å². The van der Waals surface area contributed by atoms with E-state index < -0.39 is 43.0 Å². The largest absolute Gasteiger partial charge is 0.506 e. The number of hydrogen-bond donors (Lipinski definition) is 7.